The van der Waals surface area contributed by atoms with E-state index >= 15 is 0 Å². The van der Waals surface area contributed by atoms with Crippen LogP contribution in [0.1, 0.15) is 54.4 Å². The fourth-order valence-corrected chi connectivity index (χ4v) is 3.08. The normalized spacial score (nSPS) is 29.1. The highest BCUT2D eigenvalue weighted by atomic mass is 16.7. The topological polar surface area (TPSA) is 44.5 Å². The van der Waals surface area contributed by atoms with Crippen LogP contribution in [-0.2, 0) is 9.31 Å². The molecule has 0 aromatic heterocycles. The van der Waals surface area contributed by atoms with Gasteiger partial charge in [-0.15, -0.1) is 0 Å². The van der Waals surface area contributed by atoms with Crippen molar-refractivity contribution in [3.63, 3.8) is 0 Å². The number of nitrogens with two attached hydrogens (primary N) is 1. The smallest absolute Gasteiger partial charge is 0.400 e. The minimum atomic E-state index is -0.272. The Kier molecular flexibility index (Phi) is 4.72. The van der Waals surface area contributed by atoms with E-state index in [9.17, 15) is 0 Å². The Morgan fingerprint density at radius 1 is 1.24 bits per heavy atom. The van der Waals surface area contributed by atoms with Gasteiger partial charge in [0.15, 0.2) is 0 Å². The molecule has 2 rings (SSSR count). The Morgan fingerprint density at radius 2 is 1.81 bits per heavy atom. The molecule has 4 heteroatoms. The Bertz CT molecular complexity index is 434. The summed E-state index contributed by atoms with van der Waals surface area (Å²) in [4.78, 5) is 0. The zero-order chi connectivity index (χ0) is 15.8. The Hall–Kier alpha value is -0.575. The van der Waals surface area contributed by atoms with Gasteiger partial charge in [0.2, 0.25) is 0 Å². The molecule has 21 heavy (non-hydrogen) atoms. The maximum atomic E-state index is 6.18. The van der Waals surface area contributed by atoms with Crippen molar-refractivity contribution in [3.05, 3.63) is 23.2 Å². The van der Waals surface area contributed by atoms with Crippen molar-refractivity contribution >= 4 is 7.12 Å². The van der Waals surface area contributed by atoms with Crippen molar-refractivity contribution in [2.24, 2.45) is 17.6 Å². The van der Waals surface area contributed by atoms with Gasteiger partial charge in [-0.05, 0) is 64.4 Å². The lowest BCUT2D eigenvalue weighted by molar-refractivity contribution is 0.00578. The molecule has 0 spiro atoms. The van der Waals surface area contributed by atoms with Gasteiger partial charge < -0.3 is 15.0 Å². The summed E-state index contributed by atoms with van der Waals surface area (Å²) >= 11 is 0. The third kappa shape index (κ3) is 3.13. The van der Waals surface area contributed by atoms with Crippen LogP contribution >= 0.6 is 0 Å². The maximum absolute atomic E-state index is 6.18. The van der Waals surface area contributed by atoms with E-state index in [4.69, 9.17) is 15.0 Å². The third-order valence-electron chi connectivity index (χ3n) is 5.43. The van der Waals surface area contributed by atoms with E-state index in [1.807, 2.05) is 0 Å². The highest BCUT2D eigenvalue weighted by molar-refractivity contribution is 6.54. The number of allylic oxidation sites excluding steroid dienone is 3. The molecule has 2 N–H and O–H groups in total. The van der Waals surface area contributed by atoms with E-state index in [0.29, 0.717) is 11.8 Å². The molecule has 0 aromatic carbocycles. The largest absolute Gasteiger partial charge is 0.490 e. The quantitative estimate of drug-likeness (QED) is 0.806. The molecule has 1 heterocycles. The van der Waals surface area contributed by atoms with Gasteiger partial charge in [-0.1, -0.05) is 31.6 Å². The van der Waals surface area contributed by atoms with E-state index in [0.717, 1.165) is 19.4 Å². The molecule has 118 valence electrons. The van der Waals surface area contributed by atoms with Gasteiger partial charge in [0, 0.05) is 0 Å². The minimum absolute atomic E-state index is 0.222. The van der Waals surface area contributed by atoms with Crippen molar-refractivity contribution < 1.29 is 9.31 Å². The Balaban J connectivity index is 2.19. The van der Waals surface area contributed by atoms with Gasteiger partial charge in [0.05, 0.1) is 11.2 Å². The van der Waals surface area contributed by atoms with Crippen LogP contribution in [0.15, 0.2) is 23.2 Å². The molecular weight excluding hydrogens is 261 g/mol. The van der Waals surface area contributed by atoms with Crippen molar-refractivity contribution in [2.75, 3.05) is 6.54 Å². The SMILES string of the molecule is CCC(CN)C1=CC=C(B2OC(C)(C)C(C)(C)O2)C(C)C1. The first-order chi connectivity index (χ1) is 9.71. The van der Waals surface area contributed by atoms with Gasteiger partial charge in [-0.2, -0.15) is 0 Å². The van der Waals surface area contributed by atoms with Crippen LogP contribution in [0.4, 0.5) is 0 Å². The first-order valence-electron chi connectivity index (χ1n) is 8.18. The van der Waals surface area contributed by atoms with E-state index in [1.165, 1.54) is 11.0 Å². The molecular formula is C17H30BNO2. The number of hydrogen-bond acceptors (Lipinski definition) is 3. The third-order valence-corrected chi connectivity index (χ3v) is 5.43. The summed E-state index contributed by atoms with van der Waals surface area (Å²) in [6.45, 7) is 13.6. The summed E-state index contributed by atoms with van der Waals surface area (Å²) in [7, 11) is -0.222. The molecule has 1 saturated heterocycles. The summed E-state index contributed by atoms with van der Waals surface area (Å²) in [5.74, 6) is 0.948. The zero-order valence-electron chi connectivity index (χ0n) is 14.4. The zero-order valence-corrected chi connectivity index (χ0v) is 14.4. The van der Waals surface area contributed by atoms with E-state index in [1.54, 1.807) is 0 Å². The summed E-state index contributed by atoms with van der Waals surface area (Å²) in [6, 6.07) is 0. The van der Waals surface area contributed by atoms with Crippen LogP contribution in [0, 0.1) is 11.8 Å². The molecule has 0 radical (unpaired) electrons. The molecule has 1 aliphatic carbocycles. The first kappa shape index (κ1) is 16.8. The van der Waals surface area contributed by atoms with Crippen LogP contribution in [0.3, 0.4) is 0 Å². The van der Waals surface area contributed by atoms with Crippen molar-refractivity contribution in [2.45, 2.75) is 65.6 Å². The van der Waals surface area contributed by atoms with E-state index in [2.05, 4.69) is 53.7 Å². The molecule has 3 nitrogen and oxygen atoms in total. The molecule has 2 aliphatic rings. The van der Waals surface area contributed by atoms with Crippen LogP contribution < -0.4 is 5.73 Å². The molecule has 2 atom stereocenters. The van der Waals surface area contributed by atoms with Gasteiger partial charge >= 0.3 is 7.12 Å². The van der Waals surface area contributed by atoms with E-state index < -0.39 is 0 Å². The second kappa shape index (κ2) is 5.90. The fraction of sp³-hybridized carbons (Fsp3) is 0.765. The summed E-state index contributed by atoms with van der Waals surface area (Å²) < 4.78 is 12.4. The maximum Gasteiger partial charge on any atom is 0.490 e. The highest BCUT2D eigenvalue weighted by Crippen LogP contribution is 2.42. The van der Waals surface area contributed by atoms with Gasteiger partial charge in [0.25, 0.3) is 0 Å². The average molecular weight is 291 g/mol. The molecule has 0 saturated carbocycles. The van der Waals surface area contributed by atoms with Crippen LogP contribution in [0.25, 0.3) is 0 Å². The van der Waals surface area contributed by atoms with Crippen LogP contribution in [0.2, 0.25) is 0 Å². The molecule has 0 bridgehead atoms. The van der Waals surface area contributed by atoms with Crippen molar-refractivity contribution in [1.29, 1.82) is 0 Å². The van der Waals surface area contributed by atoms with Crippen molar-refractivity contribution in [3.8, 4) is 0 Å². The number of rotatable bonds is 4. The summed E-state index contributed by atoms with van der Waals surface area (Å²) in [5, 5.41) is 0. The van der Waals surface area contributed by atoms with Crippen molar-refractivity contribution in [1.82, 2.24) is 0 Å². The van der Waals surface area contributed by atoms with Gasteiger partial charge in [-0.3, -0.25) is 0 Å². The second-order valence-corrected chi connectivity index (χ2v) is 7.44. The lowest BCUT2D eigenvalue weighted by Gasteiger charge is -2.32. The summed E-state index contributed by atoms with van der Waals surface area (Å²) in [5.41, 5.74) is 8.05. The van der Waals surface area contributed by atoms with E-state index in [-0.39, 0.29) is 18.3 Å². The fourth-order valence-electron chi connectivity index (χ4n) is 3.08. The Morgan fingerprint density at radius 3 is 2.24 bits per heavy atom. The molecule has 2 unspecified atom stereocenters. The molecule has 0 amide bonds. The predicted molar refractivity (Wildman–Crippen MR) is 88.9 cm³/mol. The minimum Gasteiger partial charge on any atom is -0.400 e. The monoisotopic (exact) mass is 291 g/mol. The second-order valence-electron chi connectivity index (χ2n) is 7.44. The summed E-state index contributed by atoms with van der Waals surface area (Å²) in [6.07, 6.45) is 6.60. The van der Waals surface area contributed by atoms with Gasteiger partial charge in [-0.25, -0.2) is 0 Å². The van der Waals surface area contributed by atoms with Gasteiger partial charge in [0.1, 0.15) is 0 Å². The average Bonchev–Trinajstić information content (AvgIpc) is 2.59. The highest BCUT2D eigenvalue weighted by Gasteiger charge is 2.53. The number of hydrogen-bond donors (Lipinski definition) is 1. The molecule has 1 fully saturated rings. The molecule has 0 aromatic rings. The molecule has 1 aliphatic heterocycles. The van der Waals surface area contributed by atoms with Crippen LogP contribution in [-0.4, -0.2) is 24.9 Å². The lowest BCUT2D eigenvalue weighted by atomic mass is 9.66. The first-order valence-corrected chi connectivity index (χ1v) is 8.18. The van der Waals surface area contributed by atoms with Crippen LogP contribution in [0.5, 0.6) is 0 Å². The lowest BCUT2D eigenvalue weighted by Crippen LogP contribution is -2.41. The standard InChI is InChI=1S/C17H30BNO2/c1-7-13(11-19)14-8-9-15(12(2)10-14)18-20-16(3,4)17(5,6)21-18/h8-9,12-13H,7,10-11,19H2,1-6H3. The predicted octanol–water partition coefficient (Wildman–Crippen LogP) is 3.50. The Labute approximate surface area is 130 Å².